The molecule has 1 aliphatic rings. The van der Waals surface area contributed by atoms with Gasteiger partial charge in [0.25, 0.3) is 5.69 Å². The van der Waals surface area contributed by atoms with E-state index < -0.39 is 10.7 Å². The molecule has 1 atom stereocenters. The average molecular weight is 238 g/mol. The second-order valence-corrected chi connectivity index (χ2v) is 4.45. The van der Waals surface area contributed by atoms with Crippen molar-refractivity contribution >= 4 is 5.69 Å². The van der Waals surface area contributed by atoms with Crippen molar-refractivity contribution in [1.82, 2.24) is 5.32 Å². The van der Waals surface area contributed by atoms with Crippen LogP contribution in [0.1, 0.15) is 18.4 Å². The second-order valence-electron chi connectivity index (χ2n) is 4.45. The van der Waals surface area contributed by atoms with E-state index in [0.717, 1.165) is 32.0 Å². The third-order valence-corrected chi connectivity index (χ3v) is 3.15. The molecule has 0 bridgehead atoms. The maximum Gasteiger partial charge on any atom is 0.272 e. The molecule has 0 radical (unpaired) electrons. The third kappa shape index (κ3) is 3.00. The summed E-state index contributed by atoms with van der Waals surface area (Å²) in [6.07, 6.45) is 2.85. The van der Waals surface area contributed by atoms with E-state index in [-0.39, 0.29) is 5.69 Å². The lowest BCUT2D eigenvalue weighted by molar-refractivity contribution is -0.385. The fourth-order valence-electron chi connectivity index (χ4n) is 2.22. The largest absolute Gasteiger partial charge is 0.316 e. The Morgan fingerprint density at radius 1 is 1.53 bits per heavy atom. The van der Waals surface area contributed by atoms with Crippen molar-refractivity contribution < 1.29 is 9.31 Å². The average Bonchev–Trinajstić information content (AvgIpc) is 2.33. The van der Waals surface area contributed by atoms with Gasteiger partial charge in [-0.3, -0.25) is 10.1 Å². The first kappa shape index (κ1) is 12.0. The Morgan fingerprint density at radius 3 is 2.94 bits per heavy atom. The maximum absolute atomic E-state index is 13.6. The Hall–Kier alpha value is -1.49. The molecule has 0 aliphatic carbocycles. The van der Waals surface area contributed by atoms with Crippen molar-refractivity contribution in [1.29, 1.82) is 0 Å². The number of nitrogens with one attached hydrogen (secondary N) is 1. The molecule has 1 aliphatic heterocycles. The number of hydrogen-bond donors (Lipinski definition) is 1. The van der Waals surface area contributed by atoms with Gasteiger partial charge in [-0.25, -0.2) is 4.39 Å². The van der Waals surface area contributed by atoms with Crippen LogP contribution in [0, 0.1) is 21.8 Å². The smallest absolute Gasteiger partial charge is 0.272 e. The predicted octanol–water partition coefficient (Wildman–Crippen LogP) is 2.28. The van der Waals surface area contributed by atoms with Crippen LogP contribution in [-0.4, -0.2) is 18.0 Å². The van der Waals surface area contributed by atoms with E-state index >= 15 is 0 Å². The molecule has 5 heteroatoms. The van der Waals surface area contributed by atoms with Crippen molar-refractivity contribution in [2.45, 2.75) is 19.3 Å². The van der Waals surface area contributed by atoms with Gasteiger partial charge in [0.05, 0.1) is 11.0 Å². The van der Waals surface area contributed by atoms with E-state index in [1.165, 1.54) is 12.1 Å². The lowest BCUT2D eigenvalue weighted by atomic mass is 9.92. The molecule has 1 aromatic rings. The zero-order valence-corrected chi connectivity index (χ0v) is 9.49. The first-order chi connectivity index (χ1) is 8.16. The Kier molecular flexibility index (Phi) is 3.68. The second kappa shape index (κ2) is 5.23. The quantitative estimate of drug-likeness (QED) is 0.649. The summed E-state index contributed by atoms with van der Waals surface area (Å²) in [7, 11) is 0. The van der Waals surface area contributed by atoms with Crippen LogP contribution in [0.5, 0.6) is 0 Å². The summed E-state index contributed by atoms with van der Waals surface area (Å²) in [5.41, 5.74) is 0.386. The summed E-state index contributed by atoms with van der Waals surface area (Å²) in [6.45, 7) is 1.93. The third-order valence-electron chi connectivity index (χ3n) is 3.15. The van der Waals surface area contributed by atoms with Crippen molar-refractivity contribution in [2.24, 2.45) is 5.92 Å². The molecular formula is C12H15FN2O2. The van der Waals surface area contributed by atoms with Crippen molar-refractivity contribution in [3.8, 4) is 0 Å². The fraction of sp³-hybridized carbons (Fsp3) is 0.500. The highest BCUT2D eigenvalue weighted by Gasteiger charge is 2.17. The topological polar surface area (TPSA) is 55.2 Å². The number of piperidine rings is 1. The fourth-order valence-corrected chi connectivity index (χ4v) is 2.22. The molecule has 1 saturated heterocycles. The molecule has 4 nitrogen and oxygen atoms in total. The Bertz CT molecular complexity index is 417. The summed E-state index contributed by atoms with van der Waals surface area (Å²) in [4.78, 5) is 9.91. The number of nitro groups is 1. The molecule has 17 heavy (non-hydrogen) atoms. The van der Waals surface area contributed by atoms with Crippen LogP contribution in [-0.2, 0) is 6.42 Å². The van der Waals surface area contributed by atoms with Gasteiger partial charge in [0.2, 0.25) is 0 Å². The molecule has 0 saturated carbocycles. The van der Waals surface area contributed by atoms with Crippen molar-refractivity contribution in [2.75, 3.05) is 13.1 Å². The van der Waals surface area contributed by atoms with Crippen LogP contribution in [0.2, 0.25) is 0 Å². The van der Waals surface area contributed by atoms with Crippen LogP contribution in [0.3, 0.4) is 0 Å². The van der Waals surface area contributed by atoms with E-state index in [9.17, 15) is 14.5 Å². The number of rotatable bonds is 3. The van der Waals surface area contributed by atoms with E-state index in [0.29, 0.717) is 17.9 Å². The molecule has 0 amide bonds. The van der Waals surface area contributed by atoms with Gasteiger partial charge in [-0.2, -0.15) is 0 Å². The first-order valence-electron chi connectivity index (χ1n) is 5.80. The molecule has 1 fully saturated rings. The number of hydrogen-bond acceptors (Lipinski definition) is 3. The van der Waals surface area contributed by atoms with Gasteiger partial charge in [0.15, 0.2) is 0 Å². The summed E-state index contributed by atoms with van der Waals surface area (Å²) < 4.78 is 13.6. The molecule has 1 N–H and O–H groups in total. The number of non-ortho nitro benzene ring substituents is 1. The number of nitrogens with zero attached hydrogens (tertiary/aromatic N) is 1. The summed E-state index contributed by atoms with van der Waals surface area (Å²) in [6, 6.07) is 3.91. The van der Waals surface area contributed by atoms with Gasteiger partial charge >= 0.3 is 0 Å². The lowest BCUT2D eigenvalue weighted by Crippen LogP contribution is -2.31. The maximum atomic E-state index is 13.6. The van der Waals surface area contributed by atoms with Crippen LogP contribution in [0.15, 0.2) is 18.2 Å². The van der Waals surface area contributed by atoms with Gasteiger partial charge in [-0.1, -0.05) is 0 Å². The predicted molar refractivity (Wildman–Crippen MR) is 62.4 cm³/mol. The summed E-state index contributed by atoms with van der Waals surface area (Å²) >= 11 is 0. The lowest BCUT2D eigenvalue weighted by Gasteiger charge is -2.22. The SMILES string of the molecule is O=[N+]([O-])c1ccc(CC2CCCNC2)c(F)c1. The normalized spacial score (nSPS) is 20.2. The van der Waals surface area contributed by atoms with Gasteiger partial charge in [0, 0.05) is 6.07 Å². The molecule has 0 spiro atoms. The van der Waals surface area contributed by atoms with Crippen molar-refractivity contribution in [3.63, 3.8) is 0 Å². The molecule has 1 unspecified atom stereocenters. The first-order valence-corrected chi connectivity index (χ1v) is 5.80. The monoisotopic (exact) mass is 238 g/mol. The molecule has 2 rings (SSSR count). The van der Waals surface area contributed by atoms with Crippen LogP contribution in [0.4, 0.5) is 10.1 Å². The standard InChI is InChI=1S/C12H15FN2O2/c13-12-7-11(15(16)17)4-3-10(12)6-9-2-1-5-14-8-9/h3-4,7,9,14H,1-2,5-6,8H2. The van der Waals surface area contributed by atoms with Crippen LogP contribution < -0.4 is 5.32 Å². The van der Waals surface area contributed by atoms with Crippen molar-refractivity contribution in [3.05, 3.63) is 39.7 Å². The summed E-state index contributed by atoms with van der Waals surface area (Å²) in [5, 5.41) is 13.8. The Labute approximate surface area is 99.0 Å². The van der Waals surface area contributed by atoms with Gasteiger partial charge < -0.3 is 5.32 Å². The highest BCUT2D eigenvalue weighted by Crippen LogP contribution is 2.21. The number of halogens is 1. The van der Waals surface area contributed by atoms with E-state index in [2.05, 4.69) is 5.32 Å². The van der Waals surface area contributed by atoms with Gasteiger partial charge in [-0.15, -0.1) is 0 Å². The Morgan fingerprint density at radius 2 is 2.35 bits per heavy atom. The van der Waals surface area contributed by atoms with Gasteiger partial charge in [-0.05, 0) is 49.9 Å². The molecule has 92 valence electrons. The minimum absolute atomic E-state index is 0.187. The van der Waals surface area contributed by atoms with Gasteiger partial charge in [0.1, 0.15) is 5.82 Å². The molecule has 1 heterocycles. The zero-order chi connectivity index (χ0) is 12.3. The van der Waals surface area contributed by atoms with E-state index in [1.807, 2.05) is 0 Å². The number of benzene rings is 1. The Balaban J connectivity index is 2.08. The minimum atomic E-state index is -0.574. The highest BCUT2D eigenvalue weighted by atomic mass is 19.1. The zero-order valence-electron chi connectivity index (χ0n) is 9.49. The van der Waals surface area contributed by atoms with E-state index in [4.69, 9.17) is 0 Å². The van der Waals surface area contributed by atoms with E-state index in [1.54, 1.807) is 0 Å². The minimum Gasteiger partial charge on any atom is -0.316 e. The molecule has 0 aromatic heterocycles. The highest BCUT2D eigenvalue weighted by molar-refractivity contribution is 5.34. The van der Waals surface area contributed by atoms with Crippen LogP contribution >= 0.6 is 0 Å². The summed E-state index contributed by atoms with van der Waals surface area (Å²) in [5.74, 6) is -0.0375. The van der Waals surface area contributed by atoms with Crippen LogP contribution in [0.25, 0.3) is 0 Å². The number of nitro benzene ring substituents is 1. The molecular weight excluding hydrogens is 223 g/mol. The molecule has 1 aromatic carbocycles.